The molecular formula is C20H24O3. The van der Waals surface area contributed by atoms with Gasteiger partial charge in [-0.2, -0.15) is 0 Å². The van der Waals surface area contributed by atoms with Gasteiger partial charge in [-0.25, -0.2) is 4.79 Å². The Bertz CT molecular complexity index is 614. The van der Waals surface area contributed by atoms with Crippen molar-refractivity contribution in [1.29, 1.82) is 0 Å². The van der Waals surface area contributed by atoms with E-state index >= 15 is 0 Å². The number of ether oxygens (including phenoxy) is 1. The van der Waals surface area contributed by atoms with Gasteiger partial charge in [0.25, 0.3) is 0 Å². The van der Waals surface area contributed by atoms with Gasteiger partial charge in [0.1, 0.15) is 5.75 Å². The molecule has 1 N–H and O–H groups in total. The molecule has 0 amide bonds. The summed E-state index contributed by atoms with van der Waals surface area (Å²) in [6.45, 7) is 4.86. The van der Waals surface area contributed by atoms with E-state index in [0.717, 1.165) is 30.4 Å². The van der Waals surface area contributed by atoms with Crippen molar-refractivity contribution >= 4 is 5.97 Å². The summed E-state index contributed by atoms with van der Waals surface area (Å²) in [4.78, 5) is 12.0. The molecular weight excluding hydrogens is 288 g/mol. The molecule has 0 saturated carbocycles. The Morgan fingerprint density at radius 3 is 2.17 bits per heavy atom. The van der Waals surface area contributed by atoms with Gasteiger partial charge in [-0.1, -0.05) is 44.5 Å². The Labute approximate surface area is 137 Å². The molecule has 23 heavy (non-hydrogen) atoms. The fraction of sp³-hybridized carbons (Fsp3) is 0.350. The zero-order chi connectivity index (χ0) is 16.7. The lowest BCUT2D eigenvalue weighted by Crippen LogP contribution is -2.07. The lowest BCUT2D eigenvalue weighted by atomic mass is 10.0. The van der Waals surface area contributed by atoms with Crippen molar-refractivity contribution in [2.24, 2.45) is 5.92 Å². The molecule has 0 saturated heterocycles. The molecule has 2 rings (SSSR count). The second kappa shape index (κ2) is 8.37. The lowest BCUT2D eigenvalue weighted by Gasteiger charge is -2.09. The summed E-state index contributed by atoms with van der Waals surface area (Å²) in [5.74, 6) is 0.649. The highest BCUT2D eigenvalue weighted by atomic mass is 16.5. The highest BCUT2D eigenvalue weighted by Gasteiger charge is 2.08. The molecule has 0 aliphatic rings. The number of carbonyl (C=O) groups excluding carboxylic acids is 1. The first-order valence-corrected chi connectivity index (χ1v) is 8.16. The smallest absolute Gasteiger partial charge is 0.338 e. The number of hydrogen-bond acceptors (Lipinski definition) is 3. The predicted octanol–water partition coefficient (Wildman–Crippen LogP) is 5.04. The minimum atomic E-state index is -0.272. The van der Waals surface area contributed by atoms with Crippen LogP contribution >= 0.6 is 0 Å². The maximum absolute atomic E-state index is 12.0. The summed E-state index contributed by atoms with van der Waals surface area (Å²) in [5.41, 5.74) is 2.56. The molecule has 0 radical (unpaired) electrons. The molecule has 0 spiro atoms. The molecule has 122 valence electrons. The molecule has 0 heterocycles. The van der Waals surface area contributed by atoms with Crippen LogP contribution in [0.4, 0.5) is 0 Å². The van der Waals surface area contributed by atoms with E-state index in [1.54, 1.807) is 24.3 Å². The summed E-state index contributed by atoms with van der Waals surface area (Å²) >= 11 is 0. The van der Waals surface area contributed by atoms with Gasteiger partial charge in [-0.15, -0.1) is 0 Å². The van der Waals surface area contributed by atoms with Gasteiger partial charge in [0.05, 0.1) is 12.2 Å². The molecule has 2 aromatic carbocycles. The highest BCUT2D eigenvalue weighted by Crippen LogP contribution is 2.22. The molecule has 0 aromatic heterocycles. The summed E-state index contributed by atoms with van der Waals surface area (Å²) in [7, 11) is 0. The summed E-state index contributed by atoms with van der Waals surface area (Å²) in [6.07, 6.45) is 3.16. The molecule has 0 fully saturated rings. The summed E-state index contributed by atoms with van der Waals surface area (Å²) in [5, 5.41) is 9.31. The van der Waals surface area contributed by atoms with E-state index in [1.165, 1.54) is 0 Å². The van der Waals surface area contributed by atoms with Crippen molar-refractivity contribution in [3.8, 4) is 16.9 Å². The second-order valence-electron chi connectivity index (χ2n) is 5.92. The minimum absolute atomic E-state index is 0.242. The van der Waals surface area contributed by atoms with Gasteiger partial charge in [-0.05, 0) is 54.2 Å². The maximum Gasteiger partial charge on any atom is 0.338 e. The van der Waals surface area contributed by atoms with E-state index in [2.05, 4.69) is 13.8 Å². The van der Waals surface area contributed by atoms with Crippen LogP contribution in [-0.4, -0.2) is 17.7 Å². The Morgan fingerprint density at radius 1 is 1.04 bits per heavy atom. The number of phenolic OH excluding ortho intramolecular Hbond substituents is 1. The molecule has 0 bridgehead atoms. The van der Waals surface area contributed by atoms with E-state index in [0.29, 0.717) is 18.1 Å². The number of aromatic hydroxyl groups is 1. The maximum atomic E-state index is 12.0. The molecule has 1 atom stereocenters. The number of phenols is 1. The molecule has 3 heteroatoms. The Morgan fingerprint density at radius 2 is 1.61 bits per heavy atom. The average molecular weight is 312 g/mol. The number of esters is 1. The summed E-state index contributed by atoms with van der Waals surface area (Å²) in [6, 6.07) is 14.3. The second-order valence-corrected chi connectivity index (χ2v) is 5.92. The van der Waals surface area contributed by atoms with Crippen molar-refractivity contribution in [1.82, 2.24) is 0 Å². The SMILES string of the molecule is CCC(C)CCCOC(=O)c1ccc(-c2ccc(O)cc2)cc1. The van der Waals surface area contributed by atoms with Gasteiger partial charge in [-0.3, -0.25) is 0 Å². The lowest BCUT2D eigenvalue weighted by molar-refractivity contribution is 0.0494. The van der Waals surface area contributed by atoms with Gasteiger partial charge in [0.2, 0.25) is 0 Å². The number of carbonyl (C=O) groups is 1. The van der Waals surface area contributed by atoms with Crippen molar-refractivity contribution in [2.45, 2.75) is 33.1 Å². The van der Waals surface area contributed by atoms with E-state index in [1.807, 2.05) is 24.3 Å². The molecule has 1 unspecified atom stereocenters. The Hall–Kier alpha value is -2.29. The predicted molar refractivity (Wildman–Crippen MR) is 92.5 cm³/mol. The zero-order valence-electron chi connectivity index (χ0n) is 13.8. The topological polar surface area (TPSA) is 46.5 Å². The average Bonchev–Trinajstić information content (AvgIpc) is 2.59. The van der Waals surface area contributed by atoms with Gasteiger partial charge in [0.15, 0.2) is 0 Å². The minimum Gasteiger partial charge on any atom is -0.508 e. The highest BCUT2D eigenvalue weighted by molar-refractivity contribution is 5.90. The zero-order valence-corrected chi connectivity index (χ0v) is 13.8. The first-order chi connectivity index (χ1) is 11.1. The first kappa shape index (κ1) is 17.1. The van der Waals surface area contributed by atoms with Crippen LogP contribution < -0.4 is 0 Å². The van der Waals surface area contributed by atoms with Crippen LogP contribution in [0.2, 0.25) is 0 Å². The number of benzene rings is 2. The number of rotatable bonds is 7. The van der Waals surface area contributed by atoms with Crippen LogP contribution in [-0.2, 0) is 4.74 Å². The van der Waals surface area contributed by atoms with E-state index in [4.69, 9.17) is 4.74 Å². The van der Waals surface area contributed by atoms with Crippen LogP contribution in [0, 0.1) is 5.92 Å². The van der Waals surface area contributed by atoms with Gasteiger partial charge < -0.3 is 9.84 Å². The van der Waals surface area contributed by atoms with Crippen LogP contribution in [0.1, 0.15) is 43.5 Å². The third-order valence-corrected chi connectivity index (χ3v) is 4.09. The normalized spacial score (nSPS) is 11.9. The van der Waals surface area contributed by atoms with Crippen molar-refractivity contribution < 1.29 is 14.6 Å². The third-order valence-electron chi connectivity index (χ3n) is 4.09. The largest absolute Gasteiger partial charge is 0.508 e. The van der Waals surface area contributed by atoms with Crippen LogP contribution in [0.15, 0.2) is 48.5 Å². The van der Waals surface area contributed by atoms with Crippen LogP contribution in [0.5, 0.6) is 5.75 Å². The molecule has 3 nitrogen and oxygen atoms in total. The monoisotopic (exact) mass is 312 g/mol. The first-order valence-electron chi connectivity index (χ1n) is 8.16. The van der Waals surface area contributed by atoms with Crippen molar-refractivity contribution in [3.63, 3.8) is 0 Å². The Balaban J connectivity index is 1.89. The molecule has 2 aromatic rings. The fourth-order valence-corrected chi connectivity index (χ4v) is 2.34. The van der Waals surface area contributed by atoms with E-state index in [-0.39, 0.29) is 11.7 Å². The van der Waals surface area contributed by atoms with Crippen molar-refractivity contribution in [2.75, 3.05) is 6.61 Å². The van der Waals surface area contributed by atoms with E-state index < -0.39 is 0 Å². The number of hydrogen-bond donors (Lipinski definition) is 1. The molecule has 0 aliphatic heterocycles. The van der Waals surface area contributed by atoms with Gasteiger partial charge >= 0.3 is 5.97 Å². The quantitative estimate of drug-likeness (QED) is 0.575. The van der Waals surface area contributed by atoms with Crippen LogP contribution in [0.3, 0.4) is 0 Å². The third kappa shape index (κ3) is 5.13. The van der Waals surface area contributed by atoms with Crippen LogP contribution in [0.25, 0.3) is 11.1 Å². The fourth-order valence-electron chi connectivity index (χ4n) is 2.34. The Kier molecular flexibility index (Phi) is 6.21. The van der Waals surface area contributed by atoms with E-state index in [9.17, 15) is 9.90 Å². The standard InChI is InChI=1S/C20H24O3/c1-3-15(2)5-4-14-23-20(22)18-8-6-16(7-9-18)17-10-12-19(21)13-11-17/h6-13,15,21H,3-5,14H2,1-2H3. The van der Waals surface area contributed by atoms with Gasteiger partial charge in [0, 0.05) is 0 Å². The molecule has 0 aliphatic carbocycles. The summed E-state index contributed by atoms with van der Waals surface area (Å²) < 4.78 is 5.31. The van der Waals surface area contributed by atoms with Crippen molar-refractivity contribution in [3.05, 3.63) is 54.1 Å².